The van der Waals surface area contributed by atoms with E-state index < -0.39 is 0 Å². The molecule has 0 radical (unpaired) electrons. The van der Waals surface area contributed by atoms with Crippen molar-refractivity contribution in [2.24, 2.45) is 5.92 Å². The van der Waals surface area contributed by atoms with E-state index in [1.54, 1.807) is 6.08 Å². The lowest BCUT2D eigenvalue weighted by Gasteiger charge is -2.27. The van der Waals surface area contributed by atoms with Crippen LogP contribution in [0.3, 0.4) is 0 Å². The number of ether oxygens (including phenoxy) is 1. The summed E-state index contributed by atoms with van der Waals surface area (Å²) >= 11 is 0. The average molecular weight is 180 g/mol. The molecule has 2 atom stereocenters. The first kappa shape index (κ1) is 10.0. The van der Waals surface area contributed by atoms with E-state index in [1.165, 1.54) is 0 Å². The molecule has 1 aliphatic heterocycles. The Morgan fingerprint density at radius 1 is 1.69 bits per heavy atom. The Morgan fingerprint density at radius 3 is 2.92 bits per heavy atom. The minimum Gasteiger partial charge on any atom is -0.454 e. The van der Waals surface area contributed by atoms with Crippen molar-refractivity contribution in [3.8, 4) is 0 Å². The van der Waals surface area contributed by atoms with Crippen molar-refractivity contribution in [3.63, 3.8) is 0 Å². The summed E-state index contributed by atoms with van der Waals surface area (Å²) in [4.78, 5) is 11.4. The van der Waals surface area contributed by atoms with Crippen LogP contribution in [0.25, 0.3) is 0 Å². The van der Waals surface area contributed by atoms with Crippen molar-refractivity contribution >= 4 is 5.97 Å². The van der Waals surface area contributed by atoms with E-state index in [4.69, 9.17) is 4.74 Å². The van der Waals surface area contributed by atoms with Crippen molar-refractivity contribution in [1.29, 1.82) is 0 Å². The average Bonchev–Trinajstić information content (AvgIpc) is 2.11. The molecule has 2 unspecified atom stereocenters. The van der Waals surface area contributed by atoms with Gasteiger partial charge in [0.05, 0.1) is 0 Å². The second kappa shape index (κ2) is 4.26. The number of rotatable bonds is 2. The van der Waals surface area contributed by atoms with Gasteiger partial charge in [-0.3, -0.25) is 0 Å². The van der Waals surface area contributed by atoms with Crippen LogP contribution < -0.4 is 0 Å². The molecule has 1 rings (SSSR count). The van der Waals surface area contributed by atoms with E-state index in [9.17, 15) is 4.79 Å². The monoisotopic (exact) mass is 180 g/mol. The van der Waals surface area contributed by atoms with Crippen molar-refractivity contribution in [1.82, 2.24) is 0 Å². The number of esters is 1. The SMILES string of the molecule is C=CC1OC(=O)/C(=C/CC)CC1C. The van der Waals surface area contributed by atoms with E-state index in [0.717, 1.165) is 18.4 Å². The largest absolute Gasteiger partial charge is 0.454 e. The lowest BCUT2D eigenvalue weighted by atomic mass is 9.92. The highest BCUT2D eigenvalue weighted by molar-refractivity contribution is 5.89. The Labute approximate surface area is 79.3 Å². The van der Waals surface area contributed by atoms with E-state index in [0.29, 0.717) is 5.92 Å². The smallest absolute Gasteiger partial charge is 0.334 e. The lowest BCUT2D eigenvalue weighted by molar-refractivity contribution is -0.147. The minimum absolute atomic E-state index is 0.110. The number of allylic oxidation sites excluding steroid dienone is 1. The molecule has 0 spiro atoms. The molecule has 2 nitrogen and oxygen atoms in total. The van der Waals surface area contributed by atoms with Crippen molar-refractivity contribution in [2.45, 2.75) is 32.8 Å². The van der Waals surface area contributed by atoms with Crippen LogP contribution in [0.4, 0.5) is 0 Å². The van der Waals surface area contributed by atoms with Crippen LogP contribution in [-0.2, 0) is 9.53 Å². The third-order valence-electron chi connectivity index (χ3n) is 2.29. The van der Waals surface area contributed by atoms with Gasteiger partial charge in [0.2, 0.25) is 0 Å². The van der Waals surface area contributed by atoms with Gasteiger partial charge in [0.1, 0.15) is 6.10 Å². The summed E-state index contributed by atoms with van der Waals surface area (Å²) in [5.41, 5.74) is 0.813. The maximum Gasteiger partial charge on any atom is 0.334 e. The van der Waals surface area contributed by atoms with Gasteiger partial charge in [-0.25, -0.2) is 4.79 Å². The maximum absolute atomic E-state index is 11.4. The zero-order chi connectivity index (χ0) is 9.84. The van der Waals surface area contributed by atoms with Crippen molar-refractivity contribution in [2.75, 3.05) is 0 Å². The van der Waals surface area contributed by atoms with Crippen LogP contribution in [0.15, 0.2) is 24.3 Å². The van der Waals surface area contributed by atoms with Gasteiger partial charge < -0.3 is 4.74 Å². The molecule has 0 amide bonds. The molecule has 0 N–H and O–H groups in total. The van der Waals surface area contributed by atoms with Crippen LogP contribution in [0.5, 0.6) is 0 Å². The number of hydrogen-bond acceptors (Lipinski definition) is 2. The van der Waals surface area contributed by atoms with Gasteiger partial charge in [0.25, 0.3) is 0 Å². The van der Waals surface area contributed by atoms with Crippen LogP contribution >= 0.6 is 0 Å². The predicted molar refractivity (Wildman–Crippen MR) is 52.2 cm³/mol. The van der Waals surface area contributed by atoms with Crippen LogP contribution in [0, 0.1) is 5.92 Å². The summed E-state index contributed by atoms with van der Waals surface area (Å²) < 4.78 is 5.19. The molecule has 1 aliphatic rings. The van der Waals surface area contributed by atoms with Crippen LogP contribution in [-0.4, -0.2) is 12.1 Å². The highest BCUT2D eigenvalue weighted by Crippen LogP contribution is 2.26. The molecule has 1 fully saturated rings. The standard InChI is InChI=1S/C11H16O2/c1-4-6-9-7-8(3)10(5-2)13-11(9)12/h5-6,8,10H,2,4,7H2,1,3H3/b9-6+. The Hall–Kier alpha value is -1.05. The first-order valence-electron chi connectivity index (χ1n) is 4.71. The highest BCUT2D eigenvalue weighted by Gasteiger charge is 2.28. The number of carbonyl (C=O) groups is 1. The Bertz CT molecular complexity index is 240. The minimum atomic E-state index is -0.176. The third kappa shape index (κ3) is 2.20. The molecule has 0 saturated carbocycles. The summed E-state index contributed by atoms with van der Waals surface area (Å²) in [5.74, 6) is 0.179. The molecule has 1 heterocycles. The predicted octanol–water partition coefficient (Wildman–Crippen LogP) is 2.46. The fourth-order valence-corrected chi connectivity index (χ4v) is 1.56. The summed E-state index contributed by atoms with van der Waals surface area (Å²) in [7, 11) is 0. The first-order valence-corrected chi connectivity index (χ1v) is 4.71. The Kier molecular flexibility index (Phi) is 3.29. The van der Waals surface area contributed by atoms with Gasteiger partial charge in [-0.1, -0.05) is 32.6 Å². The number of cyclic esters (lactones) is 1. The molecule has 2 heteroatoms. The van der Waals surface area contributed by atoms with Gasteiger partial charge in [-0.15, -0.1) is 0 Å². The van der Waals surface area contributed by atoms with Crippen LogP contribution in [0.2, 0.25) is 0 Å². The second-order valence-corrected chi connectivity index (χ2v) is 3.42. The van der Waals surface area contributed by atoms with E-state index in [1.807, 2.05) is 13.0 Å². The number of carbonyl (C=O) groups excluding carboxylic acids is 1. The van der Waals surface area contributed by atoms with Gasteiger partial charge in [0, 0.05) is 11.5 Å². The molecule has 13 heavy (non-hydrogen) atoms. The third-order valence-corrected chi connectivity index (χ3v) is 2.29. The topological polar surface area (TPSA) is 26.3 Å². The molecule has 0 bridgehead atoms. The maximum atomic E-state index is 11.4. The van der Waals surface area contributed by atoms with Crippen LogP contribution in [0.1, 0.15) is 26.7 Å². The van der Waals surface area contributed by atoms with E-state index in [-0.39, 0.29) is 12.1 Å². The Balaban J connectivity index is 2.72. The lowest BCUT2D eigenvalue weighted by Crippen LogP contribution is -2.30. The normalized spacial score (nSPS) is 31.5. The summed E-state index contributed by atoms with van der Waals surface area (Å²) in [6.07, 6.45) is 5.23. The molecule has 72 valence electrons. The second-order valence-electron chi connectivity index (χ2n) is 3.42. The molecular weight excluding hydrogens is 164 g/mol. The molecular formula is C11H16O2. The van der Waals surface area contributed by atoms with Gasteiger partial charge in [-0.2, -0.15) is 0 Å². The summed E-state index contributed by atoms with van der Waals surface area (Å²) in [5, 5.41) is 0. The Morgan fingerprint density at radius 2 is 2.38 bits per heavy atom. The number of hydrogen-bond donors (Lipinski definition) is 0. The first-order chi connectivity index (χ1) is 6.19. The van der Waals surface area contributed by atoms with E-state index >= 15 is 0 Å². The summed E-state index contributed by atoms with van der Waals surface area (Å²) in [6, 6.07) is 0. The van der Waals surface area contributed by atoms with Gasteiger partial charge >= 0.3 is 5.97 Å². The van der Waals surface area contributed by atoms with Crippen molar-refractivity contribution < 1.29 is 9.53 Å². The van der Waals surface area contributed by atoms with Gasteiger partial charge in [-0.05, 0) is 12.8 Å². The summed E-state index contributed by atoms with van der Waals surface area (Å²) in [6.45, 7) is 7.73. The van der Waals surface area contributed by atoms with Gasteiger partial charge in [0.15, 0.2) is 0 Å². The molecule has 1 saturated heterocycles. The fourth-order valence-electron chi connectivity index (χ4n) is 1.56. The zero-order valence-corrected chi connectivity index (χ0v) is 8.25. The van der Waals surface area contributed by atoms with Crippen molar-refractivity contribution in [3.05, 3.63) is 24.3 Å². The molecule has 0 aromatic carbocycles. The fraction of sp³-hybridized carbons (Fsp3) is 0.545. The molecule has 0 aliphatic carbocycles. The molecule has 0 aromatic heterocycles. The quantitative estimate of drug-likeness (QED) is 0.370. The van der Waals surface area contributed by atoms with E-state index in [2.05, 4.69) is 13.5 Å². The highest BCUT2D eigenvalue weighted by atomic mass is 16.5. The molecule has 0 aromatic rings. The zero-order valence-electron chi connectivity index (χ0n) is 8.25.